The molecule has 41 heteroatoms. The van der Waals surface area contributed by atoms with Gasteiger partial charge in [-0.25, -0.2) is 33.1 Å². The first-order valence-electron chi connectivity index (χ1n) is 44.1. The number of nitriles is 1. The zero-order valence-electron chi connectivity index (χ0n) is 75.5. The van der Waals surface area contributed by atoms with Gasteiger partial charge in [-0.1, -0.05) is 91.5 Å². The summed E-state index contributed by atoms with van der Waals surface area (Å²) in [6, 6.07) is 29.7. The number of nitrogens with zero attached hydrogens (tertiary/aromatic N) is 21. The Kier molecular flexibility index (Phi) is 27.8. The van der Waals surface area contributed by atoms with Gasteiger partial charge >= 0.3 is 23.9 Å². The Morgan fingerprint density at radius 2 is 0.657 bits per heavy atom. The molecular weight excluding hydrogens is 1870 g/mol. The first-order chi connectivity index (χ1) is 65.2. The first kappa shape index (κ1) is 97.1. The van der Waals surface area contributed by atoms with E-state index in [9.17, 15) is 56.8 Å². The lowest BCUT2D eigenvalue weighted by atomic mass is 9.34. The molecule has 0 spiro atoms. The molecule has 10 fully saturated rings. The third kappa shape index (κ3) is 21.6. The van der Waals surface area contributed by atoms with Crippen LogP contribution in [0.4, 0.5) is 13.2 Å². The highest BCUT2D eigenvalue weighted by molar-refractivity contribution is 6.31. The third-order valence-corrected chi connectivity index (χ3v) is 27.9. The molecule has 0 N–H and O–H groups in total. The lowest BCUT2D eigenvalue weighted by molar-refractivity contribution is -0.210. The average Bonchev–Trinajstić information content (AvgIpc) is 0.694. The predicted molar refractivity (Wildman–Crippen MR) is 490 cm³/mol. The molecule has 22 rings (SSSR count). The molecule has 0 amide bonds. The lowest BCUT2D eigenvalue weighted by Crippen LogP contribution is -2.64. The van der Waals surface area contributed by atoms with Crippen molar-refractivity contribution in [3.05, 3.63) is 235 Å². The lowest BCUT2D eigenvalue weighted by Gasteiger charge is -2.67. The Morgan fingerprint density at radius 1 is 0.394 bits per heavy atom. The molecule has 0 radical (unpaired) electrons. The number of hydrogen-bond acceptors (Lipinski definition) is 29. The number of pyridine rings is 8. The molecule has 0 aliphatic heterocycles. The van der Waals surface area contributed by atoms with Crippen LogP contribution in [0.15, 0.2) is 147 Å². The van der Waals surface area contributed by atoms with Gasteiger partial charge in [0, 0.05) is 166 Å². The highest BCUT2D eigenvalue weighted by Crippen LogP contribution is 2.75. The molecule has 10 aliphatic rings. The number of carbonyl (C=O) groups excluding carboxylic acids is 8. The zero-order valence-corrected chi connectivity index (χ0v) is 79.3. The number of aryl methyl sites for hydroxylation is 4. The van der Waals surface area contributed by atoms with Gasteiger partial charge < -0.3 is 18.9 Å². The summed E-state index contributed by atoms with van der Waals surface area (Å²) in [6.45, 7) is 6.89. The number of carbonyl (C=O) groups is 8. The topological polar surface area (TPSA) is 423 Å². The number of hydrogen-bond donors (Lipinski definition) is 0. The smallest absolute Gasteiger partial charge is 0.312 e. The molecule has 10 saturated carbocycles. The van der Waals surface area contributed by atoms with E-state index in [4.69, 9.17) is 77.0 Å². The molecule has 0 saturated heterocycles. The van der Waals surface area contributed by atoms with Crippen LogP contribution in [0.25, 0.3) is 45.6 Å². The second-order valence-electron chi connectivity index (χ2n) is 36.9. The average molecular weight is 1970 g/mol. The SMILES string of the molecule is C[C@@H](OC(=O)Cc1c(-c2ccc(C(=O)CC34CC(C#N)(C3)C4)cn2)nnn1C)c1cccnc1Cl.C[C@@H](OC(=O)Cc1c(-c2ccc(C(=O)CC34CC(Cl)(C3)C4)cn2)nnn1C)c1cccnc1Cl.C[C@@H](OC(=O)Cc1c(-c2ccc(C(=O)CC34CC(F)(C3)C4)cn2)nnn1C)c1cccnc1Cl.C[C@@H](OC(=O)Cc1c(-c2ccc(C(=O)CC3CC(F)(F)C3)cn2)nnn1C)c1cccnc1Cl. The second kappa shape index (κ2) is 39.3. The number of ketones is 4. The summed E-state index contributed by atoms with van der Waals surface area (Å²) in [4.78, 5) is 134. The van der Waals surface area contributed by atoms with E-state index in [2.05, 4.69) is 87.2 Å². The number of ether oxygens (including phenoxy) is 4. The molecule has 0 aromatic carbocycles. The van der Waals surface area contributed by atoms with Gasteiger partial charge in [0.2, 0.25) is 5.92 Å². The Morgan fingerprint density at radius 3 is 0.891 bits per heavy atom. The predicted octanol–water partition coefficient (Wildman–Crippen LogP) is 17.2. The van der Waals surface area contributed by atoms with E-state index in [-0.39, 0.29) is 116 Å². The monoisotopic (exact) mass is 1960 g/mol. The molecule has 33 nitrogen and oxygen atoms in total. The van der Waals surface area contributed by atoms with Crippen molar-refractivity contribution in [1.29, 1.82) is 5.26 Å². The van der Waals surface area contributed by atoms with Crippen molar-refractivity contribution in [2.24, 2.45) is 55.8 Å². The van der Waals surface area contributed by atoms with Crippen molar-refractivity contribution < 1.29 is 70.5 Å². The number of rotatable bonds is 32. The second-order valence-corrected chi connectivity index (χ2v) is 39.1. The van der Waals surface area contributed by atoms with Crippen LogP contribution in [0.2, 0.25) is 20.6 Å². The molecule has 12 aromatic rings. The van der Waals surface area contributed by atoms with Crippen molar-refractivity contribution in [1.82, 2.24) is 99.8 Å². The fourth-order valence-electron chi connectivity index (χ4n) is 19.5. The van der Waals surface area contributed by atoms with Crippen LogP contribution in [0, 0.1) is 38.9 Å². The van der Waals surface area contributed by atoms with Crippen molar-refractivity contribution in [2.45, 2.75) is 191 Å². The quantitative estimate of drug-likeness (QED) is 0.0124. The molecule has 12 aromatic heterocycles. The molecule has 6 bridgehead atoms. The van der Waals surface area contributed by atoms with Crippen LogP contribution in [-0.4, -0.2) is 163 Å². The van der Waals surface area contributed by atoms with Crippen LogP contribution in [0.1, 0.15) is 235 Å². The van der Waals surface area contributed by atoms with E-state index in [0.29, 0.717) is 157 Å². The number of esters is 4. The largest absolute Gasteiger partial charge is 0.457 e. The minimum absolute atomic E-state index is 0.00109. The van der Waals surface area contributed by atoms with Gasteiger partial charge in [0.15, 0.2) is 23.1 Å². The van der Waals surface area contributed by atoms with Crippen LogP contribution < -0.4 is 0 Å². The van der Waals surface area contributed by atoms with E-state index in [1.165, 1.54) is 37.3 Å². The van der Waals surface area contributed by atoms with E-state index >= 15 is 0 Å². The highest BCUT2D eigenvalue weighted by Gasteiger charge is 2.70. The summed E-state index contributed by atoms with van der Waals surface area (Å²) in [5.41, 5.74) is 8.90. The minimum Gasteiger partial charge on any atom is -0.457 e. The Labute approximate surface area is 808 Å². The van der Waals surface area contributed by atoms with Crippen LogP contribution in [0.3, 0.4) is 0 Å². The molecule has 137 heavy (non-hydrogen) atoms. The van der Waals surface area contributed by atoms with Gasteiger partial charge in [-0.05, 0) is 180 Å². The molecule has 10 aliphatic carbocycles. The summed E-state index contributed by atoms with van der Waals surface area (Å²) in [5, 5.41) is 42.9. The Balaban J connectivity index is 0.000000132. The van der Waals surface area contributed by atoms with Gasteiger partial charge in [-0.3, -0.25) is 77.0 Å². The molecule has 12 heterocycles. The number of halogens is 8. The van der Waals surface area contributed by atoms with Gasteiger partial charge in [0.05, 0.1) is 82.7 Å². The van der Waals surface area contributed by atoms with E-state index < -0.39 is 59.9 Å². The highest BCUT2D eigenvalue weighted by atomic mass is 35.5. The third-order valence-electron chi connectivity index (χ3n) is 26.3. The number of aromatic nitrogens is 20. The minimum atomic E-state index is -2.65. The Bertz CT molecular complexity index is 6440. The van der Waals surface area contributed by atoms with Gasteiger partial charge in [-0.15, -0.1) is 32.0 Å². The summed E-state index contributed by atoms with van der Waals surface area (Å²) in [6.07, 6.45) is 17.2. The summed E-state index contributed by atoms with van der Waals surface area (Å²) in [7, 11) is 6.72. The normalized spacial score (nSPS) is 21.5. The molecule has 708 valence electrons. The molecular formula is C96H91Cl5F3N21O12. The zero-order chi connectivity index (χ0) is 97.4. The van der Waals surface area contributed by atoms with Crippen LogP contribution in [0.5, 0.6) is 0 Å². The number of Topliss-reactive ketones (excluding diaryl/α,β-unsaturated/α-hetero) is 4. The summed E-state index contributed by atoms with van der Waals surface area (Å²) in [5.74, 6) is -5.03. The van der Waals surface area contributed by atoms with Crippen LogP contribution in [-0.2, 0) is 92.0 Å². The number of alkyl halides is 4. The molecule has 4 atom stereocenters. The summed E-state index contributed by atoms with van der Waals surface area (Å²) >= 11 is 30.7. The van der Waals surface area contributed by atoms with Crippen molar-refractivity contribution >= 4 is 105 Å². The Hall–Kier alpha value is -13.0. The van der Waals surface area contributed by atoms with Gasteiger partial charge in [-0.2, -0.15) is 5.26 Å². The van der Waals surface area contributed by atoms with Gasteiger partial charge in [0.25, 0.3) is 0 Å². The maximum absolute atomic E-state index is 13.7. The van der Waals surface area contributed by atoms with Crippen LogP contribution >= 0.6 is 58.0 Å². The maximum atomic E-state index is 13.7. The fourth-order valence-corrected chi connectivity index (χ4v) is 21.4. The first-order valence-corrected chi connectivity index (χ1v) is 46.0. The van der Waals surface area contributed by atoms with Crippen molar-refractivity contribution in [3.8, 4) is 51.6 Å². The van der Waals surface area contributed by atoms with E-state index in [1.807, 2.05) is 0 Å². The summed E-state index contributed by atoms with van der Waals surface area (Å²) < 4.78 is 67.9. The van der Waals surface area contributed by atoms with Crippen molar-refractivity contribution in [3.63, 3.8) is 0 Å². The fraction of sp³-hybridized carbons (Fsp3) is 0.406. The molecule has 0 unspecified atom stereocenters. The van der Waals surface area contributed by atoms with E-state index in [1.54, 1.807) is 184 Å². The van der Waals surface area contributed by atoms with E-state index in [0.717, 1.165) is 38.5 Å². The van der Waals surface area contributed by atoms with Gasteiger partial charge in [0.1, 0.15) is 73.5 Å². The van der Waals surface area contributed by atoms with Crippen molar-refractivity contribution in [2.75, 3.05) is 0 Å². The maximum Gasteiger partial charge on any atom is 0.312 e. The standard InChI is InChI=1S/C25H23ClN6O3.C24H23Cl2N5O3.C24H23ClFN5O3.C23H22ClF2N5O3/c1-15(17-4-3-7-28-23(17)26)35-21(34)8-19-22(30-31-32(19)2)18-6-5-16(10-29-18)20(33)9-24-11-25(12-24,13-24)14-27;2*1-14(16-4-3-7-27-22(16)25)34-20(33)8-18-21(29-30-31(18)2)17-6-5-15(10-28-17)19(32)9-23-11-24(26,12-23)13-23;1-13(16-4-3-7-27-22(16)24)34-20(33)9-18-21(29-30-31(18)2)17-6-5-15(12-28-17)19(32)8-14-10-23(25,26)11-14/h3-7,10,15H,8-9,11-13H2,1-2H3;2*3-7,10,14H,8-9,11-13H2,1-2H3;3-7,12-14H,8-11H2,1-2H3/t15-,24?,25?;2*14-,23?,24?;13-/m1111/s1.